The molecule has 5 nitrogen and oxygen atoms in total. The van der Waals surface area contributed by atoms with Crippen LogP contribution in [0.2, 0.25) is 0 Å². The smallest absolute Gasteiger partial charge is 0.270 e. The molecule has 0 spiro atoms. The van der Waals surface area contributed by atoms with E-state index in [1.807, 2.05) is 0 Å². The maximum absolute atomic E-state index is 10.6. The van der Waals surface area contributed by atoms with Crippen LogP contribution >= 0.6 is 0 Å². The molecule has 4 rings (SSSR count). The van der Waals surface area contributed by atoms with Gasteiger partial charge in [0, 0.05) is 26.0 Å². The fourth-order valence-corrected chi connectivity index (χ4v) is 3.20. The van der Waals surface area contributed by atoms with Crippen LogP contribution in [0.1, 0.15) is 69.5 Å². The van der Waals surface area contributed by atoms with Crippen LogP contribution in [-0.2, 0) is 0 Å². The van der Waals surface area contributed by atoms with Crippen LogP contribution in [0.25, 0.3) is 0 Å². The van der Waals surface area contributed by atoms with Crippen molar-refractivity contribution < 1.29 is 10.7 Å². The topological polar surface area (TPSA) is 72.4 Å². The molecular formula is C17H29N3O2. The number of hydrogen-bond donors (Lipinski definition) is 1. The van der Waals surface area contributed by atoms with Gasteiger partial charge in [0.2, 0.25) is 0 Å². The van der Waals surface area contributed by atoms with Gasteiger partial charge in [-0.25, -0.2) is 0 Å². The van der Waals surface area contributed by atoms with E-state index >= 15 is 0 Å². The summed E-state index contributed by atoms with van der Waals surface area (Å²) in [5, 5.41) is 3.53. The van der Waals surface area contributed by atoms with Crippen molar-refractivity contribution in [1.29, 1.82) is 0 Å². The van der Waals surface area contributed by atoms with E-state index < -0.39 is 5.91 Å². The zero-order valence-corrected chi connectivity index (χ0v) is 13.6. The zero-order chi connectivity index (χ0) is 15.7. The van der Waals surface area contributed by atoms with Gasteiger partial charge in [-0.15, -0.1) is 0 Å². The molecule has 1 aliphatic heterocycles. The summed E-state index contributed by atoms with van der Waals surface area (Å²) in [6, 6.07) is 2.40. The third-order valence-corrected chi connectivity index (χ3v) is 5.04. The van der Waals surface area contributed by atoms with Crippen molar-refractivity contribution in [3.8, 4) is 0 Å². The summed E-state index contributed by atoms with van der Waals surface area (Å²) < 4.78 is 4.90. The summed E-state index contributed by atoms with van der Waals surface area (Å²) in [4.78, 5) is 13.2. The third-order valence-electron chi connectivity index (χ3n) is 5.04. The number of carbonyl (C=O) groups excluding carboxylic acids is 1. The fourth-order valence-electron chi connectivity index (χ4n) is 3.20. The van der Waals surface area contributed by atoms with Crippen LogP contribution in [0.5, 0.6) is 0 Å². The molecule has 124 valence electrons. The second-order valence-corrected chi connectivity index (χ2v) is 7.23. The van der Waals surface area contributed by atoms with E-state index in [1.54, 1.807) is 6.07 Å². The zero-order valence-electron chi connectivity index (χ0n) is 13.6. The van der Waals surface area contributed by atoms with Gasteiger partial charge in [0.1, 0.15) is 5.76 Å². The van der Waals surface area contributed by atoms with Crippen molar-refractivity contribution in [3.63, 3.8) is 0 Å². The number of amides is 1. The first-order chi connectivity index (χ1) is 10.5. The average Bonchev–Trinajstić information content (AvgIpc) is 3.41. The SMILES string of the molecule is CC(C)N1CC[C@@H](C2CC2)C1.NC(=O)c1cc(C2CC2)on1.[HH]. The predicted octanol–water partition coefficient (Wildman–Crippen LogP) is 3.02. The van der Waals surface area contributed by atoms with Gasteiger partial charge in [-0.05, 0) is 64.3 Å². The molecule has 2 heterocycles. The van der Waals surface area contributed by atoms with Crippen LogP contribution in [0.4, 0.5) is 0 Å². The maximum Gasteiger partial charge on any atom is 0.270 e. The molecular weight excluding hydrogens is 278 g/mol. The molecule has 3 aliphatic rings. The van der Waals surface area contributed by atoms with Crippen molar-refractivity contribution in [2.24, 2.45) is 17.6 Å². The number of hydrogen-bond acceptors (Lipinski definition) is 4. The summed E-state index contributed by atoms with van der Waals surface area (Å²) in [6.45, 7) is 7.38. The van der Waals surface area contributed by atoms with Crippen molar-refractivity contribution in [2.75, 3.05) is 13.1 Å². The van der Waals surface area contributed by atoms with Crippen LogP contribution in [0.15, 0.2) is 10.6 Å². The molecule has 0 unspecified atom stereocenters. The summed E-state index contributed by atoms with van der Waals surface area (Å²) in [6.07, 6.45) is 6.79. The van der Waals surface area contributed by atoms with Crippen LogP contribution < -0.4 is 5.73 Å². The Hall–Kier alpha value is -1.36. The molecule has 1 aromatic heterocycles. The minimum absolute atomic E-state index is 0. The average molecular weight is 307 g/mol. The molecule has 5 heteroatoms. The Morgan fingerprint density at radius 3 is 2.50 bits per heavy atom. The van der Waals surface area contributed by atoms with E-state index in [-0.39, 0.29) is 7.12 Å². The molecule has 0 bridgehead atoms. The van der Waals surface area contributed by atoms with Crippen LogP contribution in [0.3, 0.4) is 0 Å². The van der Waals surface area contributed by atoms with E-state index in [0.29, 0.717) is 5.92 Å². The lowest BCUT2D eigenvalue weighted by atomic mass is 10.0. The second kappa shape index (κ2) is 6.41. The minimum Gasteiger partial charge on any atom is -0.364 e. The standard InChI is InChI=1S/C10H19N.C7H8N2O2.H2/c1-8(2)11-6-5-10(7-11)9-3-4-9;8-7(10)5-3-6(11-9-5)4-1-2-4;/h8-10H,3-7H2,1-2H3;3-4H,1-2H2,(H2,8,10);1H/t10-;;/m1../s1. The molecule has 2 aliphatic carbocycles. The first-order valence-electron chi connectivity index (χ1n) is 8.55. The van der Waals surface area contributed by atoms with Gasteiger partial charge in [-0.1, -0.05) is 5.16 Å². The summed E-state index contributed by atoms with van der Waals surface area (Å²) in [5.74, 6) is 2.94. The number of likely N-dealkylation sites (tertiary alicyclic amines) is 1. The van der Waals surface area contributed by atoms with Crippen LogP contribution in [0, 0.1) is 11.8 Å². The number of aromatic nitrogens is 1. The molecule has 1 aromatic rings. The van der Waals surface area contributed by atoms with Crippen molar-refractivity contribution in [3.05, 3.63) is 17.5 Å². The number of carbonyl (C=O) groups is 1. The van der Waals surface area contributed by atoms with Gasteiger partial charge >= 0.3 is 0 Å². The lowest BCUT2D eigenvalue weighted by Gasteiger charge is -2.20. The molecule has 1 atom stereocenters. The van der Waals surface area contributed by atoms with Gasteiger partial charge in [0.05, 0.1) is 0 Å². The highest BCUT2D eigenvalue weighted by molar-refractivity contribution is 5.90. The van der Waals surface area contributed by atoms with Gasteiger partial charge in [0.25, 0.3) is 5.91 Å². The Labute approximate surface area is 133 Å². The lowest BCUT2D eigenvalue weighted by Crippen LogP contribution is -2.28. The number of rotatable bonds is 4. The quantitative estimate of drug-likeness (QED) is 0.928. The van der Waals surface area contributed by atoms with E-state index in [4.69, 9.17) is 10.3 Å². The van der Waals surface area contributed by atoms with Crippen LogP contribution in [-0.4, -0.2) is 35.1 Å². The van der Waals surface area contributed by atoms with E-state index in [9.17, 15) is 4.79 Å². The summed E-state index contributed by atoms with van der Waals surface area (Å²) in [5.41, 5.74) is 5.21. The Balaban J connectivity index is 0.000000160. The predicted molar refractivity (Wildman–Crippen MR) is 86.6 cm³/mol. The molecule has 22 heavy (non-hydrogen) atoms. The summed E-state index contributed by atoms with van der Waals surface area (Å²) >= 11 is 0. The lowest BCUT2D eigenvalue weighted by molar-refractivity contribution is 0.0991. The van der Waals surface area contributed by atoms with E-state index in [2.05, 4.69) is 23.9 Å². The normalized spacial score (nSPS) is 25.1. The number of nitrogens with two attached hydrogens (primary N) is 1. The highest BCUT2D eigenvalue weighted by Crippen LogP contribution is 2.41. The Morgan fingerprint density at radius 2 is 2.05 bits per heavy atom. The van der Waals surface area contributed by atoms with Gasteiger partial charge < -0.3 is 15.2 Å². The Kier molecular flexibility index (Phi) is 4.52. The molecule has 0 radical (unpaired) electrons. The van der Waals surface area contributed by atoms with Crippen molar-refractivity contribution in [1.82, 2.24) is 10.1 Å². The minimum atomic E-state index is -0.527. The highest BCUT2D eigenvalue weighted by atomic mass is 16.5. The van der Waals surface area contributed by atoms with Crippen molar-refractivity contribution >= 4 is 5.91 Å². The number of primary amides is 1. The van der Waals surface area contributed by atoms with Gasteiger partial charge in [-0.2, -0.15) is 0 Å². The first-order valence-corrected chi connectivity index (χ1v) is 8.55. The maximum atomic E-state index is 10.6. The van der Waals surface area contributed by atoms with Crippen molar-refractivity contribution in [2.45, 2.75) is 57.9 Å². The monoisotopic (exact) mass is 307 g/mol. The largest absolute Gasteiger partial charge is 0.364 e. The van der Waals surface area contributed by atoms with Gasteiger partial charge in [0.15, 0.2) is 5.69 Å². The molecule has 1 saturated heterocycles. The number of nitrogens with zero attached hydrogens (tertiary/aromatic N) is 2. The highest BCUT2D eigenvalue weighted by Gasteiger charge is 2.36. The van der Waals surface area contributed by atoms with E-state index in [0.717, 1.165) is 36.5 Å². The molecule has 1 amide bonds. The second-order valence-electron chi connectivity index (χ2n) is 7.23. The Morgan fingerprint density at radius 1 is 1.32 bits per heavy atom. The first kappa shape index (κ1) is 15.5. The fraction of sp³-hybridized carbons (Fsp3) is 0.765. The molecule has 2 saturated carbocycles. The Bertz CT molecular complexity index is 516. The molecule has 2 N–H and O–H groups in total. The molecule has 0 aromatic carbocycles. The third kappa shape index (κ3) is 3.88. The summed E-state index contributed by atoms with van der Waals surface area (Å²) in [7, 11) is 0. The molecule has 3 fully saturated rings. The van der Waals surface area contributed by atoms with Gasteiger partial charge in [-0.3, -0.25) is 4.79 Å². The van der Waals surface area contributed by atoms with E-state index in [1.165, 1.54) is 32.4 Å².